The van der Waals surface area contributed by atoms with Gasteiger partial charge in [0.15, 0.2) is 0 Å². The van der Waals surface area contributed by atoms with E-state index in [0.29, 0.717) is 116 Å². The third-order valence-electron chi connectivity index (χ3n) is 19.6. The lowest BCUT2D eigenvalue weighted by Crippen LogP contribution is -2.33. The number of ether oxygens (including phenoxy) is 6. The Hall–Kier alpha value is -7.42. The Morgan fingerprint density at radius 1 is 0.523 bits per heavy atom. The number of hydrogen-bond donors (Lipinski definition) is 7. The van der Waals surface area contributed by atoms with Gasteiger partial charge in [0.2, 0.25) is 23.6 Å². The summed E-state index contributed by atoms with van der Waals surface area (Å²) in [4.78, 5) is 139. The van der Waals surface area contributed by atoms with Crippen LogP contribution in [-0.4, -0.2) is 170 Å². The standard InChI is InChI=1S/C41H62N4O11.C34H61NO6.C11H15NO2.2H2/c1-3-38(48)35(28-56-27-33-11-5-4-6-12-33)25-39(49)34(24-37(47)15-14-36-26-42-31-45-36)13-7-8-16-43-40(50)29-55-23-21-53-19-17-44-41(51)30-54-22-20-52-18-9-10-32(2)46;1-2-19-30(34(40)41)26-31(36)29-24-22-28(23-25-29)27-35-32(37)20-17-15-13-11-9-7-5-3-4-6-8-10-12-14-16-18-21-33(38)39;1-9(11(12)13)7-14-8-10-5-3-2-4-6-10;;/h4-6,11-12,26,31,34-35H,3,7-10,13-25,27-30H2,1-2H3,(H,42,45)(H,43,50)(H,44,51);28-30H,2-27H2,1H3,(H,35,37)(H,38,39)(H,40,41);2-6,9H,7-8H2,1H3,(H2,12,13);2*1H/t34-,35+;;9-;;/m1.0../s1. The number of Topliss-reactive ketones (excluding diaryl/α,β-unsaturated/α-hetero) is 5. The van der Waals surface area contributed by atoms with Crippen LogP contribution in [0.4, 0.5) is 0 Å². The van der Waals surface area contributed by atoms with Crippen LogP contribution in [0.5, 0.6) is 0 Å². The van der Waals surface area contributed by atoms with Gasteiger partial charge in [-0.05, 0) is 94.6 Å². The summed E-state index contributed by atoms with van der Waals surface area (Å²) in [6.45, 7) is 11.4. The average molecular weight is 1560 g/mol. The van der Waals surface area contributed by atoms with Gasteiger partial charge < -0.3 is 70.1 Å². The molecule has 0 radical (unpaired) electrons. The lowest BCUT2D eigenvalue weighted by atomic mass is 9.78. The Kier molecular flexibility index (Phi) is 60.3. The lowest BCUT2D eigenvalue weighted by Gasteiger charge is -2.28. The van der Waals surface area contributed by atoms with Gasteiger partial charge in [-0.2, -0.15) is 0 Å². The highest BCUT2D eigenvalue weighted by atomic mass is 16.5. The largest absolute Gasteiger partial charge is 0.481 e. The van der Waals surface area contributed by atoms with E-state index >= 15 is 0 Å². The molecule has 630 valence electrons. The average Bonchev–Trinajstić information content (AvgIpc) is 1.48. The first-order chi connectivity index (χ1) is 53.7. The molecule has 0 spiro atoms. The molecule has 1 unspecified atom stereocenters. The van der Waals surface area contributed by atoms with Crippen molar-refractivity contribution in [3.05, 3.63) is 90.0 Å². The number of hydrogen-bond acceptors (Lipinski definition) is 18. The first-order valence-electron chi connectivity index (χ1n) is 41.4. The molecule has 1 aliphatic carbocycles. The first kappa shape index (κ1) is 99.7. The third-order valence-corrected chi connectivity index (χ3v) is 19.6. The zero-order valence-corrected chi connectivity index (χ0v) is 67.6. The molecule has 4 amide bonds. The number of carbonyl (C=O) groups is 11. The fourth-order valence-electron chi connectivity index (χ4n) is 12.8. The molecule has 2 aromatic carbocycles. The second kappa shape index (κ2) is 67.1. The van der Waals surface area contributed by atoms with E-state index in [-0.39, 0.29) is 146 Å². The second-order valence-corrected chi connectivity index (χ2v) is 29.4. The van der Waals surface area contributed by atoms with E-state index < -0.39 is 29.7 Å². The first-order valence-corrected chi connectivity index (χ1v) is 41.4. The number of rotatable bonds is 68. The number of ketones is 5. The Morgan fingerprint density at radius 2 is 1.05 bits per heavy atom. The fourth-order valence-corrected chi connectivity index (χ4v) is 12.8. The number of aliphatic carboxylic acids is 2. The smallest absolute Gasteiger partial charge is 0.306 e. The van der Waals surface area contributed by atoms with Crippen LogP contribution >= 0.6 is 0 Å². The summed E-state index contributed by atoms with van der Waals surface area (Å²) in [5, 5.41) is 26.5. The highest BCUT2D eigenvalue weighted by Gasteiger charge is 2.31. The molecule has 1 heterocycles. The van der Waals surface area contributed by atoms with Crippen LogP contribution in [0, 0.1) is 35.5 Å². The van der Waals surface area contributed by atoms with Crippen LogP contribution in [0.1, 0.15) is 266 Å². The van der Waals surface area contributed by atoms with Crippen molar-refractivity contribution in [1.82, 2.24) is 25.9 Å². The minimum absolute atomic E-state index is 0. The number of carbonyl (C=O) groups excluding carboxylic acids is 9. The Labute approximate surface area is 664 Å². The summed E-state index contributed by atoms with van der Waals surface area (Å²) in [6, 6.07) is 19.4. The molecule has 1 fully saturated rings. The monoisotopic (exact) mass is 1560 g/mol. The van der Waals surface area contributed by atoms with Gasteiger partial charge in [0.05, 0.1) is 77.6 Å². The van der Waals surface area contributed by atoms with Crippen molar-refractivity contribution in [1.29, 1.82) is 0 Å². The molecule has 1 aliphatic rings. The van der Waals surface area contributed by atoms with Gasteiger partial charge in [-0.25, -0.2) is 4.98 Å². The van der Waals surface area contributed by atoms with Crippen molar-refractivity contribution >= 4 is 64.5 Å². The number of aromatic nitrogens is 2. The topological polar surface area (TPSA) is 374 Å². The van der Waals surface area contributed by atoms with E-state index in [1.807, 2.05) is 67.6 Å². The Balaban J connectivity index is 0.00000192. The number of imidazole rings is 1. The van der Waals surface area contributed by atoms with Gasteiger partial charge in [-0.1, -0.05) is 184 Å². The SMILES string of the molecule is CCC(=O)[C@H](COCc1ccccc1)CC(=O)[C@H](CCCCNC(=O)COCCOCCNC(=O)COCCOCCCC(C)=O)CC(=O)CCc1cnc[nH]1.CCCC(CC(=O)C1CCC(CNC(=O)CCCCCCCCCCCCCCCCCCC(=O)O)CC1)C(=O)O.C[C@@H](COCc1ccccc1)C(N)=O.[HH].[HH]. The van der Waals surface area contributed by atoms with Crippen LogP contribution in [0.15, 0.2) is 73.2 Å². The summed E-state index contributed by atoms with van der Waals surface area (Å²) in [6.07, 6.45) is 32.5. The van der Waals surface area contributed by atoms with Gasteiger partial charge in [-0.3, -0.25) is 47.9 Å². The molecule has 1 saturated carbocycles. The van der Waals surface area contributed by atoms with E-state index in [9.17, 15) is 57.8 Å². The number of carboxylic acid groups (broad SMARTS) is 2. The summed E-state index contributed by atoms with van der Waals surface area (Å²) >= 11 is 0. The number of primary amides is 1. The van der Waals surface area contributed by atoms with Crippen LogP contribution in [0.3, 0.4) is 0 Å². The van der Waals surface area contributed by atoms with Crippen molar-refractivity contribution in [3.8, 4) is 0 Å². The summed E-state index contributed by atoms with van der Waals surface area (Å²) in [7, 11) is 0. The predicted octanol–water partition coefficient (Wildman–Crippen LogP) is 13.8. The minimum Gasteiger partial charge on any atom is -0.481 e. The number of nitrogens with one attached hydrogen (secondary N) is 4. The Bertz CT molecular complexity index is 2980. The summed E-state index contributed by atoms with van der Waals surface area (Å²) in [5.74, 6) is -3.69. The molecule has 4 atom stereocenters. The van der Waals surface area contributed by atoms with E-state index in [1.54, 1.807) is 33.3 Å². The number of carboxylic acids is 2. The molecule has 111 heavy (non-hydrogen) atoms. The molecule has 0 aliphatic heterocycles. The number of nitrogens with zero attached hydrogens (tertiary/aromatic N) is 1. The molecule has 25 heteroatoms. The van der Waals surface area contributed by atoms with Crippen molar-refractivity contribution in [2.45, 2.75) is 266 Å². The maximum absolute atomic E-state index is 13.6. The normalized spacial score (nSPS) is 14.2. The van der Waals surface area contributed by atoms with Crippen LogP contribution in [0.2, 0.25) is 0 Å². The van der Waals surface area contributed by atoms with E-state index in [0.717, 1.165) is 74.6 Å². The van der Waals surface area contributed by atoms with Gasteiger partial charge in [0.1, 0.15) is 42.1 Å². The van der Waals surface area contributed by atoms with Gasteiger partial charge >= 0.3 is 11.9 Å². The molecular formula is C86H142N6O19. The second-order valence-electron chi connectivity index (χ2n) is 29.4. The number of unbranched alkanes of at least 4 members (excludes halogenated alkanes) is 16. The van der Waals surface area contributed by atoms with Crippen LogP contribution in [-0.2, 0) is 101 Å². The lowest BCUT2D eigenvalue weighted by molar-refractivity contribution is -0.144. The van der Waals surface area contributed by atoms with Crippen molar-refractivity contribution in [3.63, 3.8) is 0 Å². The van der Waals surface area contributed by atoms with Gasteiger partial charge in [-0.15, -0.1) is 0 Å². The number of aryl methyl sites for hydroxylation is 1. The summed E-state index contributed by atoms with van der Waals surface area (Å²) < 4.78 is 32.6. The maximum Gasteiger partial charge on any atom is 0.306 e. The number of nitrogens with two attached hydrogens (primary N) is 1. The number of aromatic amines is 1. The van der Waals surface area contributed by atoms with Crippen molar-refractivity contribution < 1.29 is 94.2 Å². The quantitative estimate of drug-likeness (QED) is 0.0258. The highest BCUT2D eigenvalue weighted by Crippen LogP contribution is 2.31. The molecule has 0 saturated heterocycles. The van der Waals surface area contributed by atoms with Crippen molar-refractivity contribution in [2.24, 2.45) is 41.2 Å². The van der Waals surface area contributed by atoms with E-state index in [4.69, 9.17) is 39.3 Å². The molecule has 1 aromatic heterocycles. The summed E-state index contributed by atoms with van der Waals surface area (Å²) in [5.41, 5.74) is 8.02. The van der Waals surface area contributed by atoms with E-state index in [1.165, 1.54) is 77.0 Å². The molecule has 8 N–H and O–H groups in total. The Morgan fingerprint density at radius 3 is 1.57 bits per heavy atom. The number of benzene rings is 2. The molecule has 0 bridgehead atoms. The van der Waals surface area contributed by atoms with E-state index in [2.05, 4.69) is 25.9 Å². The molecule has 4 rings (SSSR count). The zero-order valence-electron chi connectivity index (χ0n) is 67.6. The van der Waals surface area contributed by atoms with Crippen LogP contribution < -0.4 is 21.7 Å². The number of H-pyrrole nitrogens is 1. The third kappa shape index (κ3) is 56.5. The minimum atomic E-state index is -0.856. The highest BCUT2D eigenvalue weighted by molar-refractivity contribution is 5.92. The predicted molar refractivity (Wildman–Crippen MR) is 431 cm³/mol. The van der Waals surface area contributed by atoms with Crippen LogP contribution in [0.25, 0.3) is 0 Å². The number of amides is 4. The maximum atomic E-state index is 13.6. The van der Waals surface area contributed by atoms with Gasteiger partial charge in [0, 0.05) is 110 Å². The van der Waals surface area contributed by atoms with Gasteiger partial charge in [0.25, 0.3) is 0 Å². The fraction of sp³-hybridized carbons (Fsp3) is 0.698. The molecule has 25 nitrogen and oxygen atoms in total. The van der Waals surface area contributed by atoms with Crippen molar-refractivity contribution in [2.75, 3.05) is 85.7 Å². The molecular weight excluding hydrogens is 1420 g/mol. The zero-order chi connectivity index (χ0) is 81.2. The molecule has 3 aromatic rings.